The molecular formula is C18H26N2O3S. The van der Waals surface area contributed by atoms with Gasteiger partial charge in [-0.1, -0.05) is 32.3 Å². The van der Waals surface area contributed by atoms with E-state index in [0.717, 1.165) is 44.9 Å². The van der Waals surface area contributed by atoms with Gasteiger partial charge in [-0.2, -0.15) is 4.31 Å². The summed E-state index contributed by atoms with van der Waals surface area (Å²) in [6.07, 6.45) is 6.85. The first kappa shape index (κ1) is 17.4. The summed E-state index contributed by atoms with van der Waals surface area (Å²) in [7, 11) is -3.47. The number of nitrogens with zero attached hydrogens (tertiary/aromatic N) is 1. The summed E-state index contributed by atoms with van der Waals surface area (Å²) >= 11 is 0. The van der Waals surface area contributed by atoms with E-state index >= 15 is 0 Å². The zero-order chi connectivity index (χ0) is 17.2. The van der Waals surface area contributed by atoms with Crippen LogP contribution in [0.25, 0.3) is 0 Å². The van der Waals surface area contributed by atoms with Crippen LogP contribution < -0.4 is 5.32 Å². The Hall–Kier alpha value is -1.40. The van der Waals surface area contributed by atoms with Crippen LogP contribution in [0.2, 0.25) is 0 Å². The molecule has 24 heavy (non-hydrogen) atoms. The lowest BCUT2D eigenvalue weighted by Gasteiger charge is -2.26. The zero-order valence-corrected chi connectivity index (χ0v) is 15.1. The molecule has 1 N–H and O–H groups in total. The Labute approximate surface area is 144 Å². The van der Waals surface area contributed by atoms with Crippen molar-refractivity contribution in [1.29, 1.82) is 0 Å². The molecule has 1 aliphatic heterocycles. The van der Waals surface area contributed by atoms with Crippen molar-refractivity contribution in [1.82, 2.24) is 4.31 Å². The molecule has 1 saturated carbocycles. The SMILES string of the molecule is CC1(C(=O)Nc2cccc(S(=O)(=O)N3CCCCC3)c2)CCCC1. The van der Waals surface area contributed by atoms with Gasteiger partial charge in [-0.25, -0.2) is 8.42 Å². The Morgan fingerprint density at radius 1 is 1.08 bits per heavy atom. The lowest BCUT2D eigenvalue weighted by Crippen LogP contribution is -2.35. The van der Waals surface area contributed by atoms with Crippen LogP contribution in [0.5, 0.6) is 0 Å². The van der Waals surface area contributed by atoms with Crippen LogP contribution in [-0.2, 0) is 14.8 Å². The molecule has 3 rings (SSSR count). The zero-order valence-electron chi connectivity index (χ0n) is 14.3. The molecule has 1 amide bonds. The third-order valence-corrected chi connectivity index (χ3v) is 7.19. The second kappa shape index (κ2) is 6.84. The summed E-state index contributed by atoms with van der Waals surface area (Å²) in [5, 5.41) is 2.92. The topological polar surface area (TPSA) is 66.5 Å². The highest BCUT2D eigenvalue weighted by Crippen LogP contribution is 2.38. The third kappa shape index (κ3) is 3.49. The van der Waals surface area contributed by atoms with Crippen LogP contribution in [-0.4, -0.2) is 31.7 Å². The maximum atomic E-state index is 12.8. The van der Waals surface area contributed by atoms with Gasteiger partial charge in [0.25, 0.3) is 0 Å². The number of piperidine rings is 1. The Morgan fingerprint density at radius 3 is 2.42 bits per heavy atom. The first-order chi connectivity index (χ1) is 11.4. The van der Waals surface area contributed by atoms with Gasteiger partial charge in [0.15, 0.2) is 0 Å². The van der Waals surface area contributed by atoms with E-state index < -0.39 is 10.0 Å². The van der Waals surface area contributed by atoms with Gasteiger partial charge in [0.05, 0.1) is 4.90 Å². The van der Waals surface area contributed by atoms with Crippen molar-refractivity contribution < 1.29 is 13.2 Å². The summed E-state index contributed by atoms with van der Waals surface area (Å²) in [4.78, 5) is 12.8. The monoisotopic (exact) mass is 350 g/mol. The normalized spacial score (nSPS) is 21.5. The first-order valence-electron chi connectivity index (χ1n) is 8.84. The van der Waals surface area contributed by atoms with E-state index in [1.165, 1.54) is 0 Å². The molecule has 0 unspecified atom stereocenters. The molecule has 2 aliphatic rings. The number of nitrogens with one attached hydrogen (secondary N) is 1. The predicted molar refractivity (Wildman–Crippen MR) is 94.3 cm³/mol. The summed E-state index contributed by atoms with van der Waals surface area (Å²) in [5.74, 6) is -0.00693. The second-order valence-electron chi connectivity index (χ2n) is 7.21. The number of amides is 1. The molecule has 0 aromatic heterocycles. The van der Waals surface area contributed by atoms with Gasteiger partial charge in [-0.05, 0) is 43.9 Å². The fraction of sp³-hybridized carbons (Fsp3) is 0.611. The molecule has 1 heterocycles. The molecule has 2 fully saturated rings. The van der Waals surface area contributed by atoms with E-state index in [4.69, 9.17) is 0 Å². The number of carbonyl (C=O) groups is 1. The number of sulfonamides is 1. The predicted octanol–water partition coefficient (Wildman–Crippen LogP) is 3.38. The van der Waals surface area contributed by atoms with Crippen molar-refractivity contribution in [2.75, 3.05) is 18.4 Å². The Kier molecular flexibility index (Phi) is 4.97. The molecule has 0 radical (unpaired) electrons. The minimum atomic E-state index is -3.47. The van der Waals surface area contributed by atoms with Gasteiger partial charge in [-0.3, -0.25) is 4.79 Å². The van der Waals surface area contributed by atoms with Gasteiger partial charge < -0.3 is 5.32 Å². The maximum Gasteiger partial charge on any atom is 0.243 e. The number of carbonyl (C=O) groups excluding carboxylic acids is 1. The minimum absolute atomic E-state index is 0.00693. The molecular weight excluding hydrogens is 324 g/mol. The van der Waals surface area contributed by atoms with Crippen LogP contribution in [0.3, 0.4) is 0 Å². The molecule has 1 aromatic carbocycles. The van der Waals surface area contributed by atoms with Crippen molar-refractivity contribution in [2.45, 2.75) is 56.8 Å². The van der Waals surface area contributed by atoms with Gasteiger partial charge >= 0.3 is 0 Å². The molecule has 5 nitrogen and oxygen atoms in total. The second-order valence-corrected chi connectivity index (χ2v) is 9.15. The third-order valence-electron chi connectivity index (χ3n) is 5.30. The van der Waals surface area contributed by atoms with Crippen molar-refractivity contribution >= 4 is 21.6 Å². The van der Waals surface area contributed by atoms with E-state index in [2.05, 4.69) is 5.32 Å². The van der Waals surface area contributed by atoms with E-state index in [9.17, 15) is 13.2 Å². The van der Waals surface area contributed by atoms with E-state index in [1.807, 2.05) is 6.92 Å². The summed E-state index contributed by atoms with van der Waals surface area (Å²) < 4.78 is 27.1. The molecule has 1 saturated heterocycles. The number of rotatable bonds is 4. The lowest BCUT2D eigenvalue weighted by molar-refractivity contribution is -0.124. The number of hydrogen-bond donors (Lipinski definition) is 1. The molecule has 0 spiro atoms. The Morgan fingerprint density at radius 2 is 1.75 bits per heavy atom. The largest absolute Gasteiger partial charge is 0.326 e. The number of benzene rings is 1. The van der Waals surface area contributed by atoms with E-state index in [-0.39, 0.29) is 16.2 Å². The summed E-state index contributed by atoms with van der Waals surface area (Å²) in [6.45, 7) is 3.15. The maximum absolute atomic E-state index is 12.8. The Bertz CT molecular complexity index is 703. The number of hydrogen-bond acceptors (Lipinski definition) is 3. The quantitative estimate of drug-likeness (QED) is 0.905. The highest BCUT2D eigenvalue weighted by molar-refractivity contribution is 7.89. The van der Waals surface area contributed by atoms with Crippen LogP contribution in [0.1, 0.15) is 51.9 Å². The van der Waals surface area contributed by atoms with Crippen LogP contribution >= 0.6 is 0 Å². The average molecular weight is 350 g/mol. The highest BCUT2D eigenvalue weighted by atomic mass is 32.2. The molecule has 0 bridgehead atoms. The standard InChI is InChI=1S/C18H26N2O3S/c1-18(10-3-4-11-18)17(21)19-15-8-7-9-16(14-15)24(22,23)20-12-5-2-6-13-20/h7-9,14H,2-6,10-13H2,1H3,(H,19,21). The molecule has 1 aromatic rings. The van der Waals surface area contributed by atoms with E-state index in [1.54, 1.807) is 28.6 Å². The van der Waals surface area contributed by atoms with Gasteiger partial charge in [-0.15, -0.1) is 0 Å². The molecule has 1 aliphatic carbocycles. The Balaban J connectivity index is 1.77. The highest BCUT2D eigenvalue weighted by Gasteiger charge is 2.36. The van der Waals surface area contributed by atoms with Crippen LogP contribution in [0.4, 0.5) is 5.69 Å². The lowest BCUT2D eigenvalue weighted by atomic mass is 9.88. The summed E-state index contributed by atoms with van der Waals surface area (Å²) in [6, 6.07) is 6.64. The fourth-order valence-corrected chi connectivity index (χ4v) is 5.22. The molecule has 6 heteroatoms. The molecule has 132 valence electrons. The van der Waals surface area contributed by atoms with E-state index in [0.29, 0.717) is 18.8 Å². The number of anilines is 1. The minimum Gasteiger partial charge on any atom is -0.326 e. The summed E-state index contributed by atoms with van der Waals surface area (Å²) in [5.41, 5.74) is 0.230. The van der Waals surface area contributed by atoms with Crippen molar-refractivity contribution in [3.63, 3.8) is 0 Å². The van der Waals surface area contributed by atoms with Gasteiger partial charge in [0.1, 0.15) is 0 Å². The van der Waals surface area contributed by atoms with Gasteiger partial charge in [0.2, 0.25) is 15.9 Å². The fourth-order valence-electron chi connectivity index (χ4n) is 3.65. The van der Waals surface area contributed by atoms with Crippen LogP contribution in [0.15, 0.2) is 29.2 Å². The van der Waals surface area contributed by atoms with Crippen LogP contribution in [0, 0.1) is 5.41 Å². The van der Waals surface area contributed by atoms with Gasteiger partial charge in [0, 0.05) is 24.2 Å². The van der Waals surface area contributed by atoms with Crippen molar-refractivity contribution in [3.8, 4) is 0 Å². The first-order valence-corrected chi connectivity index (χ1v) is 10.3. The average Bonchev–Trinajstić information content (AvgIpc) is 3.04. The molecule has 0 atom stereocenters. The van der Waals surface area contributed by atoms with Crippen molar-refractivity contribution in [3.05, 3.63) is 24.3 Å². The van der Waals surface area contributed by atoms with Crippen molar-refractivity contribution in [2.24, 2.45) is 5.41 Å². The smallest absolute Gasteiger partial charge is 0.243 e.